The molecule has 0 amide bonds. The van der Waals surface area contributed by atoms with Crippen LogP contribution in [0.4, 0.5) is 11.5 Å². The van der Waals surface area contributed by atoms with Gasteiger partial charge in [-0.15, -0.1) is 0 Å². The fraction of sp³-hybridized carbons (Fsp3) is 0.545. The van der Waals surface area contributed by atoms with Crippen molar-refractivity contribution in [3.63, 3.8) is 0 Å². The standard InChI is InChI=1S/C11H16ClN3O/c1-11(2-4-16-5-3-11)15-10-9(12)6-8(13)7-14-10/h6-7H,2-5,13H2,1H3,(H,14,15). The molecule has 1 aliphatic heterocycles. The van der Waals surface area contributed by atoms with Crippen LogP contribution >= 0.6 is 11.6 Å². The number of nitrogens with one attached hydrogen (secondary N) is 1. The summed E-state index contributed by atoms with van der Waals surface area (Å²) in [7, 11) is 0. The number of ether oxygens (including phenoxy) is 1. The SMILES string of the molecule is CC1(Nc2ncc(N)cc2Cl)CCOCC1. The molecule has 5 heteroatoms. The molecule has 1 aliphatic rings. The maximum atomic E-state index is 6.07. The minimum atomic E-state index is 0.00497. The molecule has 0 atom stereocenters. The Labute approximate surface area is 100 Å². The number of rotatable bonds is 2. The van der Waals surface area contributed by atoms with Gasteiger partial charge in [0.15, 0.2) is 0 Å². The van der Waals surface area contributed by atoms with Gasteiger partial charge >= 0.3 is 0 Å². The highest BCUT2D eigenvalue weighted by Gasteiger charge is 2.28. The van der Waals surface area contributed by atoms with Crippen molar-refractivity contribution >= 4 is 23.1 Å². The van der Waals surface area contributed by atoms with Gasteiger partial charge in [-0.3, -0.25) is 0 Å². The van der Waals surface area contributed by atoms with Gasteiger partial charge in [-0.25, -0.2) is 4.98 Å². The van der Waals surface area contributed by atoms with Crippen LogP contribution in [0.5, 0.6) is 0 Å². The number of hydrogen-bond acceptors (Lipinski definition) is 4. The Hall–Kier alpha value is -1.00. The molecular formula is C11H16ClN3O. The van der Waals surface area contributed by atoms with Gasteiger partial charge in [0, 0.05) is 18.8 Å². The van der Waals surface area contributed by atoms with E-state index >= 15 is 0 Å². The van der Waals surface area contributed by atoms with E-state index < -0.39 is 0 Å². The van der Waals surface area contributed by atoms with Crippen LogP contribution in [0.3, 0.4) is 0 Å². The van der Waals surface area contributed by atoms with Gasteiger partial charge in [0.2, 0.25) is 0 Å². The fourth-order valence-corrected chi connectivity index (χ4v) is 2.00. The molecule has 0 unspecified atom stereocenters. The van der Waals surface area contributed by atoms with Crippen molar-refractivity contribution in [1.29, 1.82) is 0 Å². The van der Waals surface area contributed by atoms with Crippen LogP contribution in [-0.4, -0.2) is 23.7 Å². The summed E-state index contributed by atoms with van der Waals surface area (Å²) in [4.78, 5) is 4.21. The maximum Gasteiger partial charge on any atom is 0.145 e. The van der Waals surface area contributed by atoms with Crippen LogP contribution in [0.2, 0.25) is 5.02 Å². The van der Waals surface area contributed by atoms with E-state index in [9.17, 15) is 0 Å². The molecule has 2 heterocycles. The molecule has 3 N–H and O–H groups in total. The number of nitrogens with two attached hydrogens (primary N) is 1. The van der Waals surface area contributed by atoms with Crippen molar-refractivity contribution in [3.8, 4) is 0 Å². The first kappa shape index (κ1) is 11.5. The Kier molecular flexibility index (Phi) is 3.21. The van der Waals surface area contributed by atoms with Gasteiger partial charge < -0.3 is 15.8 Å². The van der Waals surface area contributed by atoms with Crippen LogP contribution in [-0.2, 0) is 4.74 Å². The number of nitrogens with zero attached hydrogens (tertiary/aromatic N) is 1. The lowest BCUT2D eigenvalue weighted by Crippen LogP contribution is -2.40. The van der Waals surface area contributed by atoms with Crippen molar-refractivity contribution in [2.45, 2.75) is 25.3 Å². The molecule has 0 radical (unpaired) electrons. The smallest absolute Gasteiger partial charge is 0.145 e. The summed E-state index contributed by atoms with van der Waals surface area (Å²) in [5.41, 5.74) is 6.18. The van der Waals surface area contributed by atoms with E-state index in [1.807, 2.05) is 0 Å². The van der Waals surface area contributed by atoms with E-state index in [2.05, 4.69) is 17.2 Å². The molecule has 1 aromatic heterocycles. The normalized spacial score (nSPS) is 19.4. The highest BCUT2D eigenvalue weighted by Crippen LogP contribution is 2.29. The average molecular weight is 242 g/mol. The Morgan fingerprint density at radius 2 is 2.19 bits per heavy atom. The number of nitrogen functional groups attached to an aromatic ring is 1. The number of aromatic nitrogens is 1. The van der Waals surface area contributed by atoms with Crippen molar-refractivity contribution in [2.24, 2.45) is 0 Å². The van der Waals surface area contributed by atoms with Gasteiger partial charge in [-0.05, 0) is 25.8 Å². The first-order valence-corrected chi connectivity index (χ1v) is 5.74. The van der Waals surface area contributed by atoms with Gasteiger partial charge in [-0.1, -0.05) is 11.6 Å². The zero-order chi connectivity index (χ0) is 11.6. The molecule has 2 rings (SSSR count). The summed E-state index contributed by atoms with van der Waals surface area (Å²) in [6, 6.07) is 1.71. The molecule has 88 valence electrons. The van der Waals surface area contributed by atoms with Crippen LogP contribution in [0, 0.1) is 0 Å². The zero-order valence-corrected chi connectivity index (χ0v) is 10.0. The molecule has 1 aromatic rings. The highest BCUT2D eigenvalue weighted by atomic mass is 35.5. The van der Waals surface area contributed by atoms with E-state index in [0.29, 0.717) is 16.5 Å². The Balaban J connectivity index is 2.13. The molecule has 1 fully saturated rings. The van der Waals surface area contributed by atoms with E-state index in [1.165, 1.54) is 0 Å². The van der Waals surface area contributed by atoms with Crippen LogP contribution in [0.25, 0.3) is 0 Å². The lowest BCUT2D eigenvalue weighted by molar-refractivity contribution is 0.0657. The van der Waals surface area contributed by atoms with Crippen molar-refractivity contribution in [3.05, 3.63) is 17.3 Å². The minimum absolute atomic E-state index is 0.00497. The van der Waals surface area contributed by atoms with Crippen LogP contribution in [0.1, 0.15) is 19.8 Å². The molecule has 1 saturated heterocycles. The topological polar surface area (TPSA) is 60.2 Å². The Morgan fingerprint density at radius 1 is 1.50 bits per heavy atom. The third kappa shape index (κ3) is 2.57. The summed E-state index contributed by atoms with van der Waals surface area (Å²) in [6.45, 7) is 3.70. The van der Waals surface area contributed by atoms with Gasteiger partial charge in [0.05, 0.1) is 16.9 Å². The fourth-order valence-electron chi connectivity index (χ4n) is 1.78. The predicted molar refractivity (Wildman–Crippen MR) is 65.7 cm³/mol. The third-order valence-corrected chi connectivity index (χ3v) is 3.17. The number of hydrogen-bond donors (Lipinski definition) is 2. The predicted octanol–water partition coefficient (Wildman–Crippen LogP) is 2.30. The molecular weight excluding hydrogens is 226 g/mol. The number of anilines is 2. The first-order valence-electron chi connectivity index (χ1n) is 5.36. The lowest BCUT2D eigenvalue weighted by Gasteiger charge is -2.35. The van der Waals surface area contributed by atoms with Gasteiger partial charge in [0.1, 0.15) is 5.82 Å². The van der Waals surface area contributed by atoms with Crippen molar-refractivity contribution in [1.82, 2.24) is 4.98 Å². The molecule has 0 saturated carbocycles. The Morgan fingerprint density at radius 3 is 2.81 bits per heavy atom. The Bertz CT molecular complexity index is 377. The molecule has 0 spiro atoms. The lowest BCUT2D eigenvalue weighted by atomic mass is 9.92. The molecule has 0 bridgehead atoms. The minimum Gasteiger partial charge on any atom is -0.397 e. The zero-order valence-electron chi connectivity index (χ0n) is 9.29. The number of halogens is 1. The molecule has 0 aliphatic carbocycles. The van der Waals surface area contributed by atoms with Crippen LogP contribution in [0.15, 0.2) is 12.3 Å². The number of pyridine rings is 1. The monoisotopic (exact) mass is 241 g/mol. The summed E-state index contributed by atoms with van der Waals surface area (Å²) < 4.78 is 5.34. The largest absolute Gasteiger partial charge is 0.397 e. The summed E-state index contributed by atoms with van der Waals surface area (Å²) in [6.07, 6.45) is 3.52. The summed E-state index contributed by atoms with van der Waals surface area (Å²) in [5, 5.41) is 3.94. The molecule has 16 heavy (non-hydrogen) atoms. The quantitative estimate of drug-likeness (QED) is 0.834. The second-order valence-corrected chi connectivity index (χ2v) is 4.80. The highest BCUT2D eigenvalue weighted by molar-refractivity contribution is 6.33. The summed E-state index contributed by atoms with van der Waals surface area (Å²) in [5.74, 6) is 0.695. The van der Waals surface area contributed by atoms with E-state index in [1.54, 1.807) is 12.3 Å². The van der Waals surface area contributed by atoms with E-state index in [0.717, 1.165) is 26.1 Å². The van der Waals surface area contributed by atoms with Gasteiger partial charge in [-0.2, -0.15) is 0 Å². The van der Waals surface area contributed by atoms with Crippen LogP contribution < -0.4 is 11.1 Å². The first-order chi connectivity index (χ1) is 7.59. The maximum absolute atomic E-state index is 6.07. The van der Waals surface area contributed by atoms with E-state index in [4.69, 9.17) is 22.1 Å². The van der Waals surface area contributed by atoms with Gasteiger partial charge in [0.25, 0.3) is 0 Å². The third-order valence-electron chi connectivity index (χ3n) is 2.88. The van der Waals surface area contributed by atoms with Crippen molar-refractivity contribution < 1.29 is 4.74 Å². The van der Waals surface area contributed by atoms with Crippen molar-refractivity contribution in [2.75, 3.05) is 24.3 Å². The molecule has 4 nitrogen and oxygen atoms in total. The van der Waals surface area contributed by atoms with E-state index in [-0.39, 0.29) is 5.54 Å². The second kappa shape index (κ2) is 4.47. The second-order valence-electron chi connectivity index (χ2n) is 4.40. The molecule has 0 aromatic carbocycles. The summed E-state index contributed by atoms with van der Waals surface area (Å²) >= 11 is 6.07. The average Bonchev–Trinajstić information content (AvgIpc) is 2.23.